The van der Waals surface area contributed by atoms with Crippen LogP contribution in [0.5, 0.6) is 11.5 Å². The molecular weight excluding hydrogens is 386 g/mol. The number of rotatable bonds is 6. The van der Waals surface area contributed by atoms with Gasteiger partial charge < -0.3 is 14.8 Å². The first-order valence-corrected chi connectivity index (χ1v) is 9.56. The highest BCUT2D eigenvalue weighted by Crippen LogP contribution is 2.30. The van der Waals surface area contributed by atoms with E-state index in [1.54, 1.807) is 36.7 Å². The van der Waals surface area contributed by atoms with Crippen molar-refractivity contribution in [3.05, 3.63) is 54.1 Å². The zero-order valence-corrected chi connectivity index (χ0v) is 16.7. The standard InChI is InChI=1S/C21H23N5O4/c1-29-15-9-7-14(8-10-15)17-11-18-21(28)25(22-13-26(18)24-17)12-20(27)23-16-5-3-4-6-19(16)30-2/h3-10,13,17-18,24H,11-12H2,1-2H3,(H,23,27). The number of ether oxygens (including phenoxy) is 2. The lowest BCUT2D eigenvalue weighted by atomic mass is 10.0. The normalized spacial score (nSPS) is 20.1. The molecule has 0 radical (unpaired) electrons. The molecule has 4 rings (SSSR count). The van der Waals surface area contributed by atoms with Gasteiger partial charge in [-0.3, -0.25) is 14.6 Å². The summed E-state index contributed by atoms with van der Waals surface area (Å²) in [6.07, 6.45) is 2.12. The van der Waals surface area contributed by atoms with Crippen molar-refractivity contribution >= 4 is 23.8 Å². The number of hydrazone groups is 1. The smallest absolute Gasteiger partial charge is 0.267 e. The molecule has 2 aromatic carbocycles. The predicted octanol–water partition coefficient (Wildman–Crippen LogP) is 1.75. The Labute approximate surface area is 174 Å². The molecule has 2 unspecified atom stereocenters. The maximum absolute atomic E-state index is 12.9. The van der Waals surface area contributed by atoms with Crippen LogP contribution >= 0.6 is 0 Å². The van der Waals surface area contributed by atoms with Crippen molar-refractivity contribution in [2.45, 2.75) is 18.5 Å². The van der Waals surface area contributed by atoms with Gasteiger partial charge in [-0.1, -0.05) is 24.3 Å². The maximum atomic E-state index is 12.9. The third-order valence-electron chi connectivity index (χ3n) is 5.15. The van der Waals surface area contributed by atoms with Gasteiger partial charge in [-0.25, -0.2) is 10.4 Å². The zero-order chi connectivity index (χ0) is 21.1. The van der Waals surface area contributed by atoms with E-state index < -0.39 is 6.04 Å². The van der Waals surface area contributed by atoms with Crippen LogP contribution in [0.15, 0.2) is 53.6 Å². The predicted molar refractivity (Wildman–Crippen MR) is 111 cm³/mol. The van der Waals surface area contributed by atoms with E-state index in [0.717, 1.165) is 11.3 Å². The van der Waals surface area contributed by atoms with Gasteiger partial charge in [0.15, 0.2) is 0 Å². The fourth-order valence-corrected chi connectivity index (χ4v) is 3.58. The quantitative estimate of drug-likeness (QED) is 0.755. The summed E-state index contributed by atoms with van der Waals surface area (Å²) in [5.41, 5.74) is 4.88. The summed E-state index contributed by atoms with van der Waals surface area (Å²) >= 11 is 0. The van der Waals surface area contributed by atoms with E-state index >= 15 is 0 Å². The molecule has 2 amide bonds. The molecule has 2 aliphatic rings. The second-order valence-electron chi connectivity index (χ2n) is 6.99. The van der Waals surface area contributed by atoms with Crippen LogP contribution in [0, 0.1) is 0 Å². The highest BCUT2D eigenvalue weighted by molar-refractivity contribution is 5.97. The Morgan fingerprint density at radius 2 is 1.93 bits per heavy atom. The van der Waals surface area contributed by atoms with Crippen LogP contribution in [0.4, 0.5) is 5.69 Å². The van der Waals surface area contributed by atoms with Crippen LogP contribution in [0.2, 0.25) is 0 Å². The minimum absolute atomic E-state index is 0.0290. The maximum Gasteiger partial charge on any atom is 0.267 e. The van der Waals surface area contributed by atoms with E-state index in [-0.39, 0.29) is 24.4 Å². The Morgan fingerprint density at radius 3 is 2.67 bits per heavy atom. The van der Waals surface area contributed by atoms with Gasteiger partial charge in [-0.05, 0) is 36.2 Å². The molecule has 0 spiro atoms. The highest BCUT2D eigenvalue weighted by Gasteiger charge is 2.41. The van der Waals surface area contributed by atoms with Gasteiger partial charge in [0, 0.05) is 0 Å². The van der Waals surface area contributed by atoms with Crippen LogP contribution in [-0.2, 0) is 9.59 Å². The first-order valence-electron chi connectivity index (χ1n) is 9.56. The molecule has 2 aromatic rings. The molecule has 0 aliphatic carbocycles. The number of methoxy groups -OCH3 is 2. The molecule has 1 saturated heterocycles. The van der Waals surface area contributed by atoms with E-state index in [1.165, 1.54) is 12.1 Å². The van der Waals surface area contributed by atoms with Gasteiger partial charge in [0.05, 0.1) is 25.9 Å². The fourth-order valence-electron chi connectivity index (χ4n) is 3.58. The summed E-state index contributed by atoms with van der Waals surface area (Å²) in [5.74, 6) is 0.750. The molecule has 0 saturated carbocycles. The number of hydrazine groups is 1. The van der Waals surface area contributed by atoms with Crippen molar-refractivity contribution in [3.8, 4) is 11.5 Å². The van der Waals surface area contributed by atoms with Gasteiger partial charge >= 0.3 is 0 Å². The molecule has 0 aromatic heterocycles. The molecule has 1 fully saturated rings. The molecule has 0 bridgehead atoms. The zero-order valence-electron chi connectivity index (χ0n) is 16.7. The number of carbonyl (C=O) groups is 2. The Hall–Kier alpha value is -3.59. The summed E-state index contributed by atoms with van der Waals surface area (Å²) in [6.45, 7) is -0.176. The lowest BCUT2D eigenvalue weighted by Crippen LogP contribution is -2.52. The average molecular weight is 409 g/mol. The largest absolute Gasteiger partial charge is 0.497 e. The highest BCUT2D eigenvalue weighted by atomic mass is 16.5. The first-order chi connectivity index (χ1) is 14.6. The van der Waals surface area contributed by atoms with Crippen LogP contribution in [0.1, 0.15) is 18.0 Å². The van der Waals surface area contributed by atoms with Crippen LogP contribution in [-0.4, -0.2) is 55.0 Å². The van der Waals surface area contributed by atoms with E-state index in [0.29, 0.717) is 17.9 Å². The second-order valence-corrected chi connectivity index (χ2v) is 6.99. The van der Waals surface area contributed by atoms with Crippen molar-refractivity contribution in [3.63, 3.8) is 0 Å². The molecule has 9 heteroatoms. The van der Waals surface area contributed by atoms with Gasteiger partial charge in [-0.2, -0.15) is 5.10 Å². The Kier molecular flexibility index (Phi) is 5.53. The number of anilines is 1. The number of hydrogen-bond donors (Lipinski definition) is 2. The summed E-state index contributed by atoms with van der Waals surface area (Å²) in [6, 6.07) is 14.4. The number of benzene rings is 2. The minimum Gasteiger partial charge on any atom is -0.497 e. The number of amides is 2. The summed E-state index contributed by atoms with van der Waals surface area (Å²) in [5, 5.41) is 9.80. The Morgan fingerprint density at radius 1 is 1.17 bits per heavy atom. The van der Waals surface area contributed by atoms with Gasteiger partial charge in [-0.15, -0.1) is 0 Å². The molecular formula is C21H23N5O4. The van der Waals surface area contributed by atoms with Crippen molar-refractivity contribution in [1.29, 1.82) is 0 Å². The fraction of sp³-hybridized carbons (Fsp3) is 0.286. The van der Waals surface area contributed by atoms with Crippen LogP contribution in [0.25, 0.3) is 0 Å². The molecule has 2 aliphatic heterocycles. The number of hydrogen-bond acceptors (Lipinski definition) is 7. The van der Waals surface area contributed by atoms with E-state index in [9.17, 15) is 9.59 Å². The third-order valence-corrected chi connectivity index (χ3v) is 5.15. The summed E-state index contributed by atoms with van der Waals surface area (Å²) < 4.78 is 10.4. The van der Waals surface area contributed by atoms with E-state index in [1.807, 2.05) is 30.3 Å². The van der Waals surface area contributed by atoms with Crippen molar-refractivity contribution in [2.75, 3.05) is 26.1 Å². The Bertz CT molecular complexity index is 962. The van der Waals surface area contributed by atoms with Crippen molar-refractivity contribution in [2.24, 2.45) is 5.10 Å². The molecule has 2 atom stereocenters. The Balaban J connectivity index is 1.39. The number of para-hydroxylation sites is 2. The molecule has 2 heterocycles. The number of nitrogens with one attached hydrogen (secondary N) is 2. The summed E-state index contributed by atoms with van der Waals surface area (Å²) in [7, 11) is 3.15. The molecule has 9 nitrogen and oxygen atoms in total. The van der Waals surface area contributed by atoms with Gasteiger partial charge in [0.25, 0.3) is 5.91 Å². The number of nitrogens with zero attached hydrogens (tertiary/aromatic N) is 3. The first kappa shape index (κ1) is 19.7. The number of carbonyl (C=O) groups excluding carboxylic acids is 2. The van der Waals surface area contributed by atoms with E-state index in [4.69, 9.17) is 9.47 Å². The molecule has 30 heavy (non-hydrogen) atoms. The second kappa shape index (κ2) is 8.42. The van der Waals surface area contributed by atoms with Gasteiger partial charge in [0.2, 0.25) is 5.91 Å². The average Bonchev–Trinajstić information content (AvgIpc) is 3.21. The minimum atomic E-state index is -0.423. The monoisotopic (exact) mass is 409 g/mol. The lowest BCUT2D eigenvalue weighted by Gasteiger charge is -2.29. The lowest BCUT2D eigenvalue weighted by molar-refractivity contribution is -0.139. The van der Waals surface area contributed by atoms with Crippen molar-refractivity contribution in [1.82, 2.24) is 15.4 Å². The third kappa shape index (κ3) is 3.92. The van der Waals surface area contributed by atoms with E-state index in [2.05, 4.69) is 15.8 Å². The van der Waals surface area contributed by atoms with Crippen molar-refractivity contribution < 1.29 is 19.1 Å². The topological polar surface area (TPSA) is 95.5 Å². The van der Waals surface area contributed by atoms with Crippen LogP contribution in [0.3, 0.4) is 0 Å². The number of fused-ring (bicyclic) bond motifs is 1. The molecule has 2 N–H and O–H groups in total. The molecule has 156 valence electrons. The summed E-state index contributed by atoms with van der Waals surface area (Å²) in [4.78, 5) is 25.4. The van der Waals surface area contributed by atoms with Crippen LogP contribution < -0.4 is 20.2 Å². The van der Waals surface area contributed by atoms with Gasteiger partial charge in [0.1, 0.15) is 30.4 Å². The SMILES string of the molecule is COc1ccc(C2CC3C(=O)N(CC(=O)Nc4ccccc4OC)N=CN3N2)cc1.